The molecule has 1 aromatic rings. The molecule has 0 aliphatic heterocycles. The summed E-state index contributed by atoms with van der Waals surface area (Å²) in [5.41, 5.74) is 5.04. The van der Waals surface area contributed by atoms with Gasteiger partial charge in [0.1, 0.15) is 5.69 Å². The predicted octanol–water partition coefficient (Wildman–Crippen LogP) is 1.49. The third-order valence-electron chi connectivity index (χ3n) is 1.06. The molecule has 0 spiro atoms. The average molecular weight is 191 g/mol. The van der Waals surface area contributed by atoms with Gasteiger partial charge in [0.2, 0.25) is 0 Å². The average Bonchev–Trinajstić information content (AvgIpc) is 1.94. The highest BCUT2D eigenvalue weighted by Crippen LogP contribution is 2.20. The predicted molar refractivity (Wildman–Crippen MR) is 42.8 cm³/mol. The first-order valence-corrected chi connectivity index (χ1v) is 3.47. The van der Waals surface area contributed by atoms with E-state index in [0.29, 0.717) is 5.02 Å². The molecule has 0 atom stereocenters. The molecule has 0 fully saturated rings. The third kappa shape index (κ3) is 1.82. The van der Waals surface area contributed by atoms with Gasteiger partial charge < -0.3 is 5.73 Å². The van der Waals surface area contributed by atoms with Gasteiger partial charge in [-0.25, -0.2) is 4.98 Å². The van der Waals surface area contributed by atoms with Crippen LogP contribution in [-0.2, 0) is 0 Å². The molecular weight excluding hydrogens is 187 g/mol. The molecule has 3 nitrogen and oxygen atoms in total. The molecule has 2 N–H and O–H groups in total. The van der Waals surface area contributed by atoms with Crippen molar-refractivity contribution in [3.05, 3.63) is 28.0 Å². The Labute approximate surface area is 73.1 Å². The number of primary amides is 1. The van der Waals surface area contributed by atoms with E-state index in [0.717, 1.165) is 0 Å². The number of rotatable bonds is 1. The fraction of sp³-hybridized carbons (Fsp3) is 0. The summed E-state index contributed by atoms with van der Waals surface area (Å²) in [5.74, 6) is -0.622. The van der Waals surface area contributed by atoms with E-state index in [1.54, 1.807) is 0 Å². The molecule has 1 amide bonds. The van der Waals surface area contributed by atoms with Gasteiger partial charge in [-0.1, -0.05) is 23.2 Å². The molecule has 0 aromatic carbocycles. The number of nitrogens with two attached hydrogens (primary N) is 1. The maximum atomic E-state index is 10.5. The Hall–Kier alpha value is -0.800. The number of hydrogen-bond acceptors (Lipinski definition) is 2. The smallest absolute Gasteiger partial charge is 0.267 e. The number of pyridine rings is 1. The number of carbonyl (C=O) groups is 1. The summed E-state index contributed by atoms with van der Waals surface area (Å²) in [4.78, 5) is 14.2. The molecule has 58 valence electrons. The van der Waals surface area contributed by atoms with Crippen LogP contribution >= 0.6 is 23.2 Å². The quantitative estimate of drug-likeness (QED) is 0.730. The second-order valence-corrected chi connectivity index (χ2v) is 2.66. The first kappa shape index (κ1) is 8.30. The zero-order valence-corrected chi connectivity index (χ0v) is 6.86. The Balaban J connectivity index is 3.15. The van der Waals surface area contributed by atoms with Crippen molar-refractivity contribution in [2.24, 2.45) is 5.73 Å². The van der Waals surface area contributed by atoms with Crippen LogP contribution < -0.4 is 5.73 Å². The lowest BCUT2D eigenvalue weighted by Gasteiger charge is -1.96. The van der Waals surface area contributed by atoms with Crippen molar-refractivity contribution < 1.29 is 4.79 Å². The molecule has 5 heteroatoms. The highest BCUT2D eigenvalue weighted by molar-refractivity contribution is 6.42. The van der Waals surface area contributed by atoms with Gasteiger partial charge in [0.15, 0.2) is 0 Å². The van der Waals surface area contributed by atoms with Crippen molar-refractivity contribution in [1.82, 2.24) is 4.98 Å². The monoisotopic (exact) mass is 190 g/mol. The minimum absolute atomic E-state index is 0.111. The van der Waals surface area contributed by atoms with Crippen LogP contribution in [0.1, 0.15) is 10.5 Å². The number of aromatic nitrogens is 1. The zero-order valence-electron chi connectivity index (χ0n) is 5.34. The Kier molecular flexibility index (Phi) is 2.31. The second-order valence-electron chi connectivity index (χ2n) is 1.85. The first-order valence-electron chi connectivity index (χ1n) is 2.72. The second kappa shape index (κ2) is 3.07. The van der Waals surface area contributed by atoms with E-state index in [9.17, 15) is 4.79 Å². The highest BCUT2D eigenvalue weighted by atomic mass is 35.5. The molecule has 0 bridgehead atoms. The number of hydrogen-bond donors (Lipinski definition) is 1. The molecule has 0 aliphatic rings. The van der Waals surface area contributed by atoms with Crippen LogP contribution in [0.2, 0.25) is 10.0 Å². The van der Waals surface area contributed by atoms with Gasteiger partial charge in [-0.05, 0) is 6.07 Å². The minimum atomic E-state index is -0.622. The van der Waals surface area contributed by atoms with Crippen LogP contribution in [0.5, 0.6) is 0 Å². The molecule has 11 heavy (non-hydrogen) atoms. The van der Waals surface area contributed by atoms with E-state index in [1.165, 1.54) is 12.3 Å². The van der Waals surface area contributed by atoms with Crippen LogP contribution in [0.3, 0.4) is 0 Å². The number of nitrogens with zero attached hydrogens (tertiary/aromatic N) is 1. The van der Waals surface area contributed by atoms with Crippen LogP contribution in [0.15, 0.2) is 12.3 Å². The van der Waals surface area contributed by atoms with E-state index < -0.39 is 5.91 Å². The Morgan fingerprint density at radius 1 is 1.45 bits per heavy atom. The van der Waals surface area contributed by atoms with Crippen LogP contribution in [0.25, 0.3) is 0 Å². The van der Waals surface area contributed by atoms with Crippen LogP contribution in [0, 0.1) is 0 Å². The third-order valence-corrected chi connectivity index (χ3v) is 1.77. The van der Waals surface area contributed by atoms with Gasteiger partial charge in [0.25, 0.3) is 5.91 Å². The van der Waals surface area contributed by atoms with Crippen molar-refractivity contribution >= 4 is 29.1 Å². The molecular formula is C6H4Cl2N2O. The summed E-state index contributed by atoms with van der Waals surface area (Å²) in [7, 11) is 0. The summed E-state index contributed by atoms with van der Waals surface area (Å²) >= 11 is 11.1. The van der Waals surface area contributed by atoms with Gasteiger partial charge in [0, 0.05) is 6.20 Å². The van der Waals surface area contributed by atoms with Crippen LogP contribution in [0.4, 0.5) is 0 Å². The molecule has 0 aliphatic carbocycles. The fourth-order valence-corrected chi connectivity index (χ4v) is 0.804. The largest absolute Gasteiger partial charge is 0.364 e. The Morgan fingerprint density at radius 2 is 2.09 bits per heavy atom. The Bertz CT molecular complexity index is 301. The van der Waals surface area contributed by atoms with Gasteiger partial charge >= 0.3 is 0 Å². The molecule has 1 heterocycles. The van der Waals surface area contributed by atoms with Crippen molar-refractivity contribution in [2.75, 3.05) is 0 Å². The lowest BCUT2D eigenvalue weighted by Crippen LogP contribution is -2.12. The highest BCUT2D eigenvalue weighted by Gasteiger charge is 2.04. The molecule has 0 saturated carbocycles. The minimum Gasteiger partial charge on any atom is -0.364 e. The van der Waals surface area contributed by atoms with E-state index in [2.05, 4.69) is 4.98 Å². The topological polar surface area (TPSA) is 56.0 Å². The SMILES string of the molecule is NC(=O)c1cc(Cl)c(Cl)cn1. The standard InChI is InChI=1S/C6H4Cl2N2O/c7-3-1-5(6(9)11)10-2-4(3)8/h1-2H,(H2,9,11). The summed E-state index contributed by atoms with van der Waals surface area (Å²) in [5, 5.41) is 0.576. The fourth-order valence-electron chi connectivity index (χ4n) is 0.549. The van der Waals surface area contributed by atoms with Crippen molar-refractivity contribution in [2.45, 2.75) is 0 Å². The molecule has 1 rings (SSSR count). The lowest BCUT2D eigenvalue weighted by atomic mass is 10.3. The van der Waals surface area contributed by atoms with Gasteiger partial charge in [-0.15, -0.1) is 0 Å². The van der Waals surface area contributed by atoms with E-state index in [1.807, 2.05) is 0 Å². The first-order chi connectivity index (χ1) is 5.11. The van der Waals surface area contributed by atoms with Crippen molar-refractivity contribution in [1.29, 1.82) is 0 Å². The summed E-state index contributed by atoms with van der Waals surface area (Å²) < 4.78 is 0. The maximum absolute atomic E-state index is 10.5. The van der Waals surface area contributed by atoms with Gasteiger partial charge in [-0.3, -0.25) is 4.79 Å². The molecule has 1 aromatic heterocycles. The number of carbonyl (C=O) groups excluding carboxylic acids is 1. The number of amides is 1. The lowest BCUT2D eigenvalue weighted by molar-refractivity contribution is 0.0995. The van der Waals surface area contributed by atoms with Crippen LogP contribution in [-0.4, -0.2) is 10.9 Å². The molecule has 0 saturated heterocycles. The summed E-state index contributed by atoms with van der Waals surface area (Å²) in [6, 6.07) is 1.33. The maximum Gasteiger partial charge on any atom is 0.267 e. The van der Waals surface area contributed by atoms with Crippen molar-refractivity contribution in [3.63, 3.8) is 0 Å². The molecule has 0 unspecified atom stereocenters. The summed E-state index contributed by atoms with van der Waals surface area (Å²) in [6.07, 6.45) is 1.28. The molecule has 0 radical (unpaired) electrons. The van der Waals surface area contributed by atoms with Gasteiger partial charge in [0.05, 0.1) is 10.0 Å². The van der Waals surface area contributed by atoms with E-state index in [4.69, 9.17) is 28.9 Å². The zero-order chi connectivity index (χ0) is 8.43. The normalized spacial score (nSPS) is 9.64. The number of halogens is 2. The van der Waals surface area contributed by atoms with E-state index in [-0.39, 0.29) is 10.7 Å². The van der Waals surface area contributed by atoms with E-state index >= 15 is 0 Å². The summed E-state index contributed by atoms with van der Waals surface area (Å²) in [6.45, 7) is 0. The Morgan fingerprint density at radius 3 is 2.55 bits per heavy atom. The van der Waals surface area contributed by atoms with Crippen molar-refractivity contribution in [3.8, 4) is 0 Å². The van der Waals surface area contributed by atoms with Gasteiger partial charge in [-0.2, -0.15) is 0 Å².